The maximum Gasteiger partial charge on any atom is 0.313 e. The standard InChI is InChI=1S/C19H20N4O3.C6H12O3.CHN/c20-19-16-8-7-15(23(16)22-12-21-19)17-9-6-14(26-17)11-25-18(24)10-13-4-2-1-3-5-13;1-6(2,3)5(8)9-4-7;1-2/h1-5,7-8,12,14,17H,6,9-11H2,(H2,20,21,22);7H,4H2,1-3H3;1H. The number of anilines is 1. The minimum absolute atomic E-state index is 0.0929. The average molecular weight is 512 g/mol. The number of aliphatic hydroxyl groups is 1. The van der Waals surface area contributed by atoms with Crippen LogP contribution in [-0.2, 0) is 30.2 Å². The number of fused-ring (bicyclic) bond motifs is 1. The molecule has 0 bridgehead atoms. The van der Waals surface area contributed by atoms with Crippen molar-refractivity contribution in [3.63, 3.8) is 0 Å². The Labute approximate surface area is 215 Å². The van der Waals surface area contributed by atoms with Crippen molar-refractivity contribution in [1.29, 1.82) is 5.26 Å². The molecule has 2 unspecified atom stereocenters. The minimum atomic E-state index is -0.532. The van der Waals surface area contributed by atoms with Crippen molar-refractivity contribution in [2.45, 2.75) is 52.2 Å². The Balaban J connectivity index is 0.000000374. The van der Waals surface area contributed by atoms with Gasteiger partial charge in [-0.2, -0.15) is 5.10 Å². The van der Waals surface area contributed by atoms with Gasteiger partial charge in [0.2, 0.25) is 0 Å². The summed E-state index contributed by atoms with van der Waals surface area (Å²) in [6.45, 7) is 8.42. The summed E-state index contributed by atoms with van der Waals surface area (Å²) in [5.74, 6) is -0.183. The van der Waals surface area contributed by atoms with Crippen LogP contribution < -0.4 is 5.73 Å². The molecule has 0 spiro atoms. The number of carbonyl (C=O) groups excluding carboxylic acids is 2. The van der Waals surface area contributed by atoms with Crippen molar-refractivity contribution >= 4 is 23.3 Å². The molecule has 0 amide bonds. The number of nitrogens with zero attached hydrogens (tertiary/aromatic N) is 4. The molecule has 198 valence electrons. The quantitative estimate of drug-likeness (QED) is 0.371. The maximum absolute atomic E-state index is 12.0. The van der Waals surface area contributed by atoms with Crippen molar-refractivity contribution in [2.75, 3.05) is 19.1 Å². The normalized spacial score (nSPS) is 16.6. The predicted molar refractivity (Wildman–Crippen MR) is 135 cm³/mol. The van der Waals surface area contributed by atoms with Crippen LogP contribution in [0.25, 0.3) is 5.52 Å². The van der Waals surface area contributed by atoms with Gasteiger partial charge in [-0.25, -0.2) is 14.8 Å². The molecule has 0 radical (unpaired) electrons. The van der Waals surface area contributed by atoms with Crippen molar-refractivity contribution in [3.8, 4) is 6.57 Å². The Bertz CT molecular complexity index is 1170. The molecule has 11 heteroatoms. The lowest BCUT2D eigenvalue weighted by molar-refractivity contribution is -0.161. The number of carbonyl (C=O) groups is 2. The summed E-state index contributed by atoms with van der Waals surface area (Å²) in [4.78, 5) is 26.7. The number of esters is 2. The van der Waals surface area contributed by atoms with Gasteiger partial charge in [-0.3, -0.25) is 9.59 Å². The number of benzene rings is 1. The third kappa shape index (κ3) is 8.56. The molecule has 3 N–H and O–H groups in total. The van der Waals surface area contributed by atoms with Gasteiger partial charge >= 0.3 is 11.9 Å². The summed E-state index contributed by atoms with van der Waals surface area (Å²) < 4.78 is 17.5. The van der Waals surface area contributed by atoms with Gasteiger partial charge < -0.3 is 25.1 Å². The third-order valence-corrected chi connectivity index (χ3v) is 5.38. The Morgan fingerprint density at radius 3 is 2.49 bits per heavy atom. The van der Waals surface area contributed by atoms with Crippen LogP contribution in [0.3, 0.4) is 0 Å². The monoisotopic (exact) mass is 511 g/mol. The van der Waals surface area contributed by atoms with E-state index in [0.29, 0.717) is 5.82 Å². The highest BCUT2D eigenvalue weighted by Crippen LogP contribution is 2.34. The van der Waals surface area contributed by atoms with Gasteiger partial charge in [0.15, 0.2) is 12.6 Å². The number of hydrogen-bond acceptors (Lipinski definition) is 10. The van der Waals surface area contributed by atoms with Crippen LogP contribution in [0.2, 0.25) is 0 Å². The lowest BCUT2D eigenvalue weighted by Gasteiger charge is -2.14. The Morgan fingerprint density at radius 2 is 1.86 bits per heavy atom. The second-order valence-corrected chi connectivity index (χ2v) is 9.18. The zero-order chi connectivity index (χ0) is 27.4. The van der Waals surface area contributed by atoms with Crippen LogP contribution in [0.15, 0.2) is 48.8 Å². The molecule has 3 heterocycles. The van der Waals surface area contributed by atoms with Gasteiger partial charge in [-0.05, 0) is 51.3 Å². The van der Waals surface area contributed by atoms with E-state index >= 15 is 0 Å². The summed E-state index contributed by atoms with van der Waals surface area (Å²) in [5.41, 5.74) is 8.01. The lowest BCUT2D eigenvalue weighted by Crippen LogP contribution is -2.23. The van der Waals surface area contributed by atoms with Crippen LogP contribution in [0.5, 0.6) is 0 Å². The highest BCUT2D eigenvalue weighted by atomic mass is 16.6. The molecule has 1 aliphatic rings. The molecular formula is C26H33N5O6. The van der Waals surface area contributed by atoms with Crippen molar-refractivity contribution in [1.82, 2.24) is 14.6 Å². The maximum atomic E-state index is 12.0. The van der Waals surface area contributed by atoms with Crippen molar-refractivity contribution in [2.24, 2.45) is 5.41 Å². The van der Waals surface area contributed by atoms with Gasteiger partial charge in [0.25, 0.3) is 0 Å². The van der Waals surface area contributed by atoms with Gasteiger partial charge in [-0.1, -0.05) is 30.3 Å². The Morgan fingerprint density at radius 1 is 1.16 bits per heavy atom. The first-order valence-electron chi connectivity index (χ1n) is 11.7. The number of rotatable bonds is 6. The first-order valence-corrected chi connectivity index (χ1v) is 11.7. The van der Waals surface area contributed by atoms with Crippen molar-refractivity contribution in [3.05, 3.63) is 60.0 Å². The molecular weight excluding hydrogens is 478 g/mol. The van der Waals surface area contributed by atoms with E-state index < -0.39 is 12.2 Å². The smallest absolute Gasteiger partial charge is 0.313 e. The fraction of sp³-hybridized carbons (Fsp3) is 0.423. The van der Waals surface area contributed by atoms with E-state index in [0.717, 1.165) is 29.6 Å². The SMILES string of the molecule is C#N.CC(C)(C)C(=O)OCO.Nc1ncnn2c(C3CCC(COC(=O)Cc4ccccc4)O3)ccc12. The summed E-state index contributed by atoms with van der Waals surface area (Å²) >= 11 is 0. The number of nitriles is 1. The zero-order valence-electron chi connectivity index (χ0n) is 21.2. The molecule has 1 saturated heterocycles. The van der Waals surface area contributed by atoms with E-state index in [2.05, 4.69) is 21.4 Å². The molecule has 1 aliphatic heterocycles. The zero-order valence-corrected chi connectivity index (χ0v) is 21.2. The Hall–Kier alpha value is -4.01. The number of nitrogens with two attached hydrogens (primary N) is 1. The molecule has 11 nitrogen and oxygen atoms in total. The molecule has 1 aromatic carbocycles. The first kappa shape index (κ1) is 29.2. The number of ether oxygens (including phenoxy) is 3. The number of nitrogen functional groups attached to an aromatic ring is 1. The van der Waals surface area contributed by atoms with Gasteiger partial charge in [0.1, 0.15) is 24.6 Å². The van der Waals surface area contributed by atoms with Crippen LogP contribution >= 0.6 is 0 Å². The Kier molecular flexibility index (Phi) is 11.0. The number of hydrogen-bond donors (Lipinski definition) is 2. The van der Waals surface area contributed by atoms with E-state index in [1.807, 2.05) is 42.5 Å². The molecule has 0 aliphatic carbocycles. The van der Waals surface area contributed by atoms with Crippen LogP contribution in [-0.4, -0.2) is 51.1 Å². The van der Waals surface area contributed by atoms with E-state index in [9.17, 15) is 9.59 Å². The molecule has 1 fully saturated rings. The first-order chi connectivity index (χ1) is 17.7. The third-order valence-electron chi connectivity index (χ3n) is 5.38. The molecule has 2 atom stereocenters. The fourth-order valence-corrected chi connectivity index (χ4v) is 3.54. The highest BCUT2D eigenvalue weighted by molar-refractivity contribution is 5.75. The second kappa shape index (κ2) is 13.9. The molecule has 3 aromatic rings. The average Bonchev–Trinajstić information content (AvgIpc) is 3.52. The lowest BCUT2D eigenvalue weighted by atomic mass is 9.98. The van der Waals surface area contributed by atoms with E-state index in [1.165, 1.54) is 6.33 Å². The number of aromatic nitrogens is 3. The predicted octanol–water partition coefficient (Wildman–Crippen LogP) is 2.98. The van der Waals surface area contributed by atoms with Crippen LogP contribution in [0, 0.1) is 17.2 Å². The summed E-state index contributed by atoms with van der Waals surface area (Å²) in [5, 5.41) is 18.9. The summed E-state index contributed by atoms with van der Waals surface area (Å²) in [6, 6.07) is 13.4. The van der Waals surface area contributed by atoms with E-state index in [1.54, 1.807) is 25.3 Å². The fourth-order valence-electron chi connectivity index (χ4n) is 3.54. The molecule has 2 aromatic heterocycles. The van der Waals surface area contributed by atoms with Crippen LogP contribution in [0.1, 0.15) is 51.0 Å². The molecule has 37 heavy (non-hydrogen) atoms. The summed E-state index contributed by atoms with van der Waals surface area (Å²) in [6.07, 6.45) is 3.18. The minimum Gasteiger partial charge on any atom is -0.463 e. The highest BCUT2D eigenvalue weighted by Gasteiger charge is 2.30. The summed E-state index contributed by atoms with van der Waals surface area (Å²) in [7, 11) is 0. The second-order valence-electron chi connectivity index (χ2n) is 9.18. The van der Waals surface area contributed by atoms with Crippen LogP contribution in [0.4, 0.5) is 5.82 Å². The van der Waals surface area contributed by atoms with Gasteiger partial charge in [0.05, 0.1) is 23.6 Å². The molecule has 0 saturated carbocycles. The van der Waals surface area contributed by atoms with E-state index in [4.69, 9.17) is 25.6 Å². The van der Waals surface area contributed by atoms with E-state index in [-0.39, 0.29) is 37.2 Å². The van der Waals surface area contributed by atoms with Gasteiger partial charge in [0, 0.05) is 6.57 Å². The number of aliphatic hydroxyl groups excluding tert-OH is 1. The largest absolute Gasteiger partial charge is 0.463 e. The molecule has 4 rings (SSSR count). The van der Waals surface area contributed by atoms with Crippen molar-refractivity contribution < 1.29 is 28.9 Å². The van der Waals surface area contributed by atoms with Gasteiger partial charge in [-0.15, -0.1) is 0 Å². The topological polar surface area (TPSA) is 162 Å².